The van der Waals surface area contributed by atoms with Crippen LogP contribution in [0, 0.1) is 11.8 Å². The quantitative estimate of drug-likeness (QED) is 0.595. The Hall–Kier alpha value is 0.177. The van der Waals surface area contributed by atoms with E-state index in [1.807, 2.05) is 0 Å². The molecule has 0 amide bonds. The van der Waals surface area contributed by atoms with E-state index in [2.05, 4.69) is 40.8 Å². The van der Waals surface area contributed by atoms with Gasteiger partial charge in [0.05, 0.1) is 0 Å². The number of rotatable bonds is 4. The zero-order valence-electron chi connectivity index (χ0n) is 8.72. The summed E-state index contributed by atoms with van der Waals surface area (Å²) in [6.07, 6.45) is 0.474. The van der Waals surface area contributed by atoms with E-state index in [1.54, 1.807) is 0 Å². The molecular weight excluding hydrogens is 152 g/mol. The van der Waals surface area contributed by atoms with Crippen LogP contribution >= 0.6 is 0 Å². The number of hydrogen-bond donors (Lipinski definition) is 0. The van der Waals surface area contributed by atoms with Crippen LogP contribution in [0.2, 0.25) is 13.1 Å². The lowest BCUT2D eigenvalue weighted by Gasteiger charge is -2.27. The normalized spacial score (nSPS) is 12.5. The molecule has 0 fully saturated rings. The van der Waals surface area contributed by atoms with E-state index in [9.17, 15) is 0 Å². The molecule has 0 N–H and O–H groups in total. The highest BCUT2D eigenvalue weighted by Crippen LogP contribution is 2.16. The Morgan fingerprint density at radius 1 is 0.909 bits per heavy atom. The highest BCUT2D eigenvalue weighted by Gasteiger charge is 2.18. The Bertz CT molecular complexity index is 91.7. The van der Waals surface area contributed by atoms with Crippen LogP contribution in [0.5, 0.6) is 0 Å². The van der Waals surface area contributed by atoms with Crippen LogP contribution in [0.3, 0.4) is 0 Å². The molecule has 0 spiro atoms. The van der Waals surface area contributed by atoms with Crippen LogP contribution in [0.15, 0.2) is 0 Å². The average Bonchev–Trinajstić information content (AvgIpc) is 1.81. The van der Waals surface area contributed by atoms with Crippen molar-refractivity contribution in [3.8, 4) is 0 Å². The smallest absolute Gasteiger partial charge is 0.171 e. The highest BCUT2D eigenvalue weighted by atomic mass is 28.3. The summed E-state index contributed by atoms with van der Waals surface area (Å²) in [5.74, 6) is 1.31. The van der Waals surface area contributed by atoms with Crippen molar-refractivity contribution >= 4 is 9.04 Å². The Balaban J connectivity index is 3.90. The minimum absolute atomic E-state index is 0.474. The first-order valence-corrected chi connectivity index (χ1v) is 7.38. The fraction of sp³-hybridized carbons (Fsp3) is 1.00. The summed E-state index contributed by atoms with van der Waals surface area (Å²) in [6, 6.07) is 0. The molecule has 0 heterocycles. The van der Waals surface area contributed by atoms with Gasteiger partial charge in [0.25, 0.3) is 0 Å². The van der Waals surface area contributed by atoms with Crippen molar-refractivity contribution in [3.05, 3.63) is 0 Å². The SMILES string of the molecule is CC(C)C(O[SiH](C)C)C(C)C. The van der Waals surface area contributed by atoms with Crippen molar-refractivity contribution in [1.29, 1.82) is 0 Å². The first kappa shape index (κ1) is 11.2. The molecule has 0 aromatic heterocycles. The first-order chi connectivity index (χ1) is 4.95. The van der Waals surface area contributed by atoms with E-state index in [4.69, 9.17) is 4.43 Å². The maximum absolute atomic E-state index is 5.91. The summed E-state index contributed by atoms with van der Waals surface area (Å²) in [6.45, 7) is 13.4. The van der Waals surface area contributed by atoms with E-state index in [0.717, 1.165) is 0 Å². The lowest BCUT2D eigenvalue weighted by atomic mass is 9.97. The van der Waals surface area contributed by atoms with Gasteiger partial charge in [0, 0.05) is 6.10 Å². The van der Waals surface area contributed by atoms with Gasteiger partial charge >= 0.3 is 0 Å². The van der Waals surface area contributed by atoms with Crippen LogP contribution in [0.25, 0.3) is 0 Å². The summed E-state index contributed by atoms with van der Waals surface area (Å²) < 4.78 is 5.91. The third kappa shape index (κ3) is 4.59. The lowest BCUT2D eigenvalue weighted by molar-refractivity contribution is 0.105. The van der Waals surface area contributed by atoms with Gasteiger partial charge in [-0.1, -0.05) is 27.7 Å². The molecule has 0 saturated carbocycles. The number of hydrogen-bond acceptors (Lipinski definition) is 1. The lowest BCUT2D eigenvalue weighted by Crippen LogP contribution is -2.30. The van der Waals surface area contributed by atoms with Crippen molar-refractivity contribution in [2.24, 2.45) is 11.8 Å². The minimum atomic E-state index is -0.841. The molecule has 0 bridgehead atoms. The third-order valence-electron chi connectivity index (χ3n) is 1.74. The van der Waals surface area contributed by atoms with Gasteiger partial charge in [-0.3, -0.25) is 0 Å². The van der Waals surface area contributed by atoms with E-state index in [1.165, 1.54) is 0 Å². The summed E-state index contributed by atoms with van der Waals surface area (Å²) in [5, 5.41) is 0. The van der Waals surface area contributed by atoms with Crippen LogP contribution in [-0.4, -0.2) is 15.1 Å². The molecule has 1 nitrogen and oxygen atoms in total. The van der Waals surface area contributed by atoms with Crippen molar-refractivity contribution in [1.82, 2.24) is 0 Å². The molecular formula is C9H22OSi. The summed E-state index contributed by atoms with van der Waals surface area (Å²) in [7, 11) is -0.841. The molecule has 68 valence electrons. The van der Waals surface area contributed by atoms with E-state index >= 15 is 0 Å². The highest BCUT2D eigenvalue weighted by molar-refractivity contribution is 6.48. The van der Waals surface area contributed by atoms with Crippen molar-refractivity contribution in [2.75, 3.05) is 0 Å². The maximum atomic E-state index is 5.91. The van der Waals surface area contributed by atoms with Gasteiger partial charge in [-0.05, 0) is 24.9 Å². The fourth-order valence-electron chi connectivity index (χ4n) is 1.40. The van der Waals surface area contributed by atoms with Crippen molar-refractivity contribution in [3.63, 3.8) is 0 Å². The predicted molar refractivity (Wildman–Crippen MR) is 53.4 cm³/mol. The van der Waals surface area contributed by atoms with Crippen molar-refractivity contribution < 1.29 is 4.43 Å². The Labute approximate surface area is 72.9 Å². The van der Waals surface area contributed by atoms with Gasteiger partial charge < -0.3 is 4.43 Å². The molecule has 0 saturated heterocycles. The molecule has 0 aromatic carbocycles. The molecule has 0 aromatic rings. The monoisotopic (exact) mass is 174 g/mol. The fourth-order valence-corrected chi connectivity index (χ4v) is 2.66. The first-order valence-electron chi connectivity index (χ1n) is 4.60. The van der Waals surface area contributed by atoms with E-state index < -0.39 is 9.04 Å². The summed E-state index contributed by atoms with van der Waals surface area (Å²) in [4.78, 5) is 0. The third-order valence-corrected chi connectivity index (χ3v) is 2.60. The van der Waals surface area contributed by atoms with Crippen LogP contribution < -0.4 is 0 Å². The maximum Gasteiger partial charge on any atom is 0.171 e. The zero-order valence-corrected chi connectivity index (χ0v) is 9.87. The molecule has 11 heavy (non-hydrogen) atoms. The minimum Gasteiger partial charge on any atom is -0.417 e. The van der Waals surface area contributed by atoms with Gasteiger partial charge in [0.2, 0.25) is 0 Å². The predicted octanol–water partition coefficient (Wildman–Crippen LogP) is 2.67. The largest absolute Gasteiger partial charge is 0.417 e. The van der Waals surface area contributed by atoms with Gasteiger partial charge in [0.1, 0.15) is 0 Å². The Morgan fingerprint density at radius 3 is 1.36 bits per heavy atom. The topological polar surface area (TPSA) is 9.23 Å². The second-order valence-electron chi connectivity index (χ2n) is 4.14. The van der Waals surface area contributed by atoms with Crippen LogP contribution in [0.1, 0.15) is 27.7 Å². The molecule has 0 rings (SSSR count). The van der Waals surface area contributed by atoms with Gasteiger partial charge in [0.15, 0.2) is 9.04 Å². The van der Waals surface area contributed by atoms with Crippen molar-refractivity contribution in [2.45, 2.75) is 46.9 Å². The van der Waals surface area contributed by atoms with E-state index in [0.29, 0.717) is 17.9 Å². The van der Waals surface area contributed by atoms with Gasteiger partial charge in [-0.15, -0.1) is 0 Å². The van der Waals surface area contributed by atoms with E-state index in [-0.39, 0.29) is 0 Å². The van der Waals surface area contributed by atoms with Crippen LogP contribution in [-0.2, 0) is 4.43 Å². The molecule has 0 aliphatic heterocycles. The summed E-state index contributed by atoms with van der Waals surface area (Å²) in [5.41, 5.74) is 0. The molecule has 0 unspecified atom stereocenters. The standard InChI is InChI=1S/C9H22OSi/c1-7(2)9(8(3)4)10-11(5)6/h7-9,11H,1-6H3. The molecule has 0 aliphatic rings. The summed E-state index contributed by atoms with van der Waals surface area (Å²) >= 11 is 0. The molecule has 2 heteroatoms. The molecule has 0 atom stereocenters. The second-order valence-corrected chi connectivity index (χ2v) is 6.51. The van der Waals surface area contributed by atoms with Gasteiger partial charge in [-0.2, -0.15) is 0 Å². The zero-order chi connectivity index (χ0) is 9.02. The average molecular weight is 174 g/mol. The van der Waals surface area contributed by atoms with Crippen LogP contribution in [0.4, 0.5) is 0 Å². The van der Waals surface area contributed by atoms with Gasteiger partial charge in [-0.25, -0.2) is 0 Å². The molecule has 0 aliphatic carbocycles. The molecule has 0 radical (unpaired) electrons. The Morgan fingerprint density at radius 2 is 1.27 bits per heavy atom. The Kier molecular flexibility index (Phi) is 5.02. The second kappa shape index (κ2) is 4.94.